The minimum atomic E-state index is -0.954. The normalized spacial score (nSPS) is 15.1. The minimum Gasteiger partial charge on any atom is -0.449 e. The molecule has 112 valence electrons. The number of non-ortho nitro benzene ring substituents is 1. The van der Waals surface area contributed by atoms with Gasteiger partial charge in [0.15, 0.2) is 6.10 Å². The molecule has 1 aromatic rings. The molecule has 0 spiro atoms. The molecule has 1 saturated carbocycles. The van der Waals surface area contributed by atoms with Crippen LogP contribution < -0.4 is 5.32 Å². The molecule has 1 aliphatic carbocycles. The van der Waals surface area contributed by atoms with Gasteiger partial charge in [-0.15, -0.1) is 0 Å². The van der Waals surface area contributed by atoms with Crippen LogP contribution in [0.4, 0.5) is 5.69 Å². The van der Waals surface area contributed by atoms with Gasteiger partial charge in [0.05, 0.1) is 15.5 Å². The zero-order chi connectivity index (χ0) is 15.6. The van der Waals surface area contributed by atoms with Crippen molar-refractivity contribution >= 4 is 29.2 Å². The van der Waals surface area contributed by atoms with E-state index in [9.17, 15) is 19.7 Å². The third-order valence-electron chi connectivity index (χ3n) is 2.96. The second-order valence-electron chi connectivity index (χ2n) is 4.75. The average molecular weight is 313 g/mol. The molecule has 1 unspecified atom stereocenters. The Morgan fingerprint density at radius 3 is 2.67 bits per heavy atom. The van der Waals surface area contributed by atoms with E-state index in [1.807, 2.05) is 0 Å². The highest BCUT2D eigenvalue weighted by Crippen LogP contribution is 2.23. The number of carbonyl (C=O) groups is 2. The van der Waals surface area contributed by atoms with E-state index < -0.39 is 17.0 Å². The van der Waals surface area contributed by atoms with Crippen LogP contribution >= 0.6 is 11.6 Å². The predicted octanol–water partition coefficient (Wildman–Crippen LogP) is 2.07. The third-order valence-corrected chi connectivity index (χ3v) is 3.27. The average Bonchev–Trinajstić information content (AvgIpc) is 3.21. The molecule has 1 aliphatic rings. The summed E-state index contributed by atoms with van der Waals surface area (Å²) >= 11 is 5.82. The maximum absolute atomic E-state index is 11.9. The summed E-state index contributed by atoms with van der Waals surface area (Å²) in [6.07, 6.45) is 0.908. The lowest BCUT2D eigenvalue weighted by Gasteiger charge is -2.13. The number of halogens is 1. The van der Waals surface area contributed by atoms with Gasteiger partial charge in [-0.3, -0.25) is 14.9 Å². The molecular weight excluding hydrogens is 300 g/mol. The molecule has 1 aromatic carbocycles. The number of nitro groups is 1. The zero-order valence-corrected chi connectivity index (χ0v) is 11.9. The summed E-state index contributed by atoms with van der Waals surface area (Å²) in [6, 6.07) is 3.58. The van der Waals surface area contributed by atoms with Gasteiger partial charge >= 0.3 is 5.97 Å². The van der Waals surface area contributed by atoms with Crippen LogP contribution in [0.25, 0.3) is 0 Å². The molecule has 0 aromatic heterocycles. The van der Waals surface area contributed by atoms with Crippen LogP contribution in [0, 0.1) is 10.1 Å². The number of hydrogen-bond acceptors (Lipinski definition) is 5. The van der Waals surface area contributed by atoms with E-state index >= 15 is 0 Å². The van der Waals surface area contributed by atoms with Crippen molar-refractivity contribution in [2.75, 3.05) is 0 Å². The van der Waals surface area contributed by atoms with Gasteiger partial charge in [-0.25, -0.2) is 4.79 Å². The zero-order valence-electron chi connectivity index (χ0n) is 11.2. The summed E-state index contributed by atoms with van der Waals surface area (Å²) in [4.78, 5) is 33.6. The summed E-state index contributed by atoms with van der Waals surface area (Å²) in [7, 11) is 0. The molecule has 0 aliphatic heterocycles. The van der Waals surface area contributed by atoms with Crippen LogP contribution in [0.15, 0.2) is 18.2 Å². The van der Waals surface area contributed by atoms with Gasteiger partial charge in [0.1, 0.15) is 0 Å². The molecular formula is C13H13ClN2O5. The third kappa shape index (κ3) is 3.91. The van der Waals surface area contributed by atoms with E-state index in [1.165, 1.54) is 13.0 Å². The lowest BCUT2D eigenvalue weighted by Crippen LogP contribution is -2.37. The molecule has 0 saturated heterocycles. The Kier molecular flexibility index (Phi) is 4.42. The first kappa shape index (κ1) is 15.2. The topological polar surface area (TPSA) is 98.5 Å². The van der Waals surface area contributed by atoms with Gasteiger partial charge in [0.25, 0.3) is 11.6 Å². The first-order chi connectivity index (χ1) is 9.88. The van der Waals surface area contributed by atoms with Crippen LogP contribution in [-0.2, 0) is 9.53 Å². The number of esters is 1. The van der Waals surface area contributed by atoms with Crippen LogP contribution in [0.5, 0.6) is 0 Å². The van der Waals surface area contributed by atoms with Crippen molar-refractivity contribution in [2.24, 2.45) is 0 Å². The largest absolute Gasteiger partial charge is 0.449 e. The predicted molar refractivity (Wildman–Crippen MR) is 74.1 cm³/mol. The fraction of sp³-hybridized carbons (Fsp3) is 0.385. The maximum Gasteiger partial charge on any atom is 0.340 e. The summed E-state index contributed by atoms with van der Waals surface area (Å²) < 4.78 is 5.00. The Morgan fingerprint density at radius 2 is 2.14 bits per heavy atom. The van der Waals surface area contributed by atoms with Crippen LogP contribution in [-0.4, -0.2) is 28.9 Å². The van der Waals surface area contributed by atoms with Gasteiger partial charge in [0.2, 0.25) is 0 Å². The number of rotatable bonds is 5. The monoisotopic (exact) mass is 312 g/mol. The van der Waals surface area contributed by atoms with E-state index in [4.69, 9.17) is 16.3 Å². The Labute approximate surface area is 125 Å². The number of nitro benzene ring substituents is 1. The molecule has 0 heterocycles. The molecule has 2 rings (SSSR count). The summed E-state index contributed by atoms with van der Waals surface area (Å²) in [5.41, 5.74) is -0.246. The van der Waals surface area contributed by atoms with E-state index in [0.29, 0.717) is 0 Å². The summed E-state index contributed by atoms with van der Waals surface area (Å²) in [5.74, 6) is -1.17. The molecule has 21 heavy (non-hydrogen) atoms. The summed E-state index contributed by atoms with van der Waals surface area (Å²) in [6.45, 7) is 1.45. The fourth-order valence-corrected chi connectivity index (χ4v) is 1.86. The van der Waals surface area contributed by atoms with Crippen molar-refractivity contribution in [3.05, 3.63) is 38.9 Å². The van der Waals surface area contributed by atoms with Crippen molar-refractivity contribution in [3.63, 3.8) is 0 Å². The highest BCUT2D eigenvalue weighted by Gasteiger charge is 2.28. The van der Waals surface area contributed by atoms with Gasteiger partial charge in [-0.2, -0.15) is 0 Å². The molecule has 0 radical (unpaired) electrons. The minimum absolute atomic E-state index is 0.0201. The molecule has 1 fully saturated rings. The van der Waals surface area contributed by atoms with Gasteiger partial charge in [-0.1, -0.05) is 11.6 Å². The number of benzene rings is 1. The van der Waals surface area contributed by atoms with Crippen LogP contribution in [0.1, 0.15) is 30.1 Å². The SMILES string of the molecule is CC(OC(=O)c1ccc([N+](=O)[O-])cc1Cl)C(=O)NC1CC1. The van der Waals surface area contributed by atoms with Gasteiger partial charge < -0.3 is 10.1 Å². The van der Waals surface area contributed by atoms with Crippen molar-refractivity contribution < 1.29 is 19.2 Å². The summed E-state index contributed by atoms with van der Waals surface area (Å²) in [5, 5.41) is 13.2. The highest BCUT2D eigenvalue weighted by atomic mass is 35.5. The molecule has 1 N–H and O–H groups in total. The fourth-order valence-electron chi connectivity index (χ4n) is 1.61. The van der Waals surface area contributed by atoms with E-state index in [2.05, 4.69) is 5.32 Å². The Bertz CT molecular complexity index is 600. The lowest BCUT2D eigenvalue weighted by molar-refractivity contribution is -0.384. The van der Waals surface area contributed by atoms with E-state index in [1.54, 1.807) is 0 Å². The smallest absolute Gasteiger partial charge is 0.340 e. The number of ether oxygens (including phenoxy) is 1. The number of nitrogens with zero attached hydrogens (tertiary/aromatic N) is 1. The molecule has 7 nitrogen and oxygen atoms in total. The quantitative estimate of drug-likeness (QED) is 0.510. The molecule has 1 amide bonds. The van der Waals surface area contributed by atoms with Crippen molar-refractivity contribution in [1.29, 1.82) is 0 Å². The molecule has 1 atom stereocenters. The van der Waals surface area contributed by atoms with Crippen molar-refractivity contribution in [1.82, 2.24) is 5.32 Å². The Balaban J connectivity index is 2.02. The number of nitrogens with one attached hydrogen (secondary N) is 1. The Hall–Kier alpha value is -2.15. The number of amides is 1. The van der Waals surface area contributed by atoms with Gasteiger partial charge in [0, 0.05) is 18.2 Å². The second kappa shape index (κ2) is 6.09. The van der Waals surface area contributed by atoms with Crippen molar-refractivity contribution in [2.45, 2.75) is 31.9 Å². The first-order valence-corrected chi connectivity index (χ1v) is 6.71. The maximum atomic E-state index is 11.9. The number of carbonyl (C=O) groups excluding carboxylic acids is 2. The van der Waals surface area contributed by atoms with Crippen LogP contribution in [0.3, 0.4) is 0 Å². The van der Waals surface area contributed by atoms with E-state index in [-0.39, 0.29) is 28.2 Å². The highest BCUT2D eigenvalue weighted by molar-refractivity contribution is 6.33. The Morgan fingerprint density at radius 1 is 1.48 bits per heavy atom. The van der Waals surface area contributed by atoms with E-state index in [0.717, 1.165) is 25.0 Å². The standard InChI is InChI=1S/C13H13ClN2O5/c1-7(12(17)15-8-2-3-8)21-13(18)10-5-4-9(16(19)20)6-11(10)14/h4-8H,2-3H2,1H3,(H,15,17). The molecule has 0 bridgehead atoms. The molecule has 8 heteroatoms. The second-order valence-corrected chi connectivity index (χ2v) is 5.16. The van der Waals surface area contributed by atoms with Crippen molar-refractivity contribution in [3.8, 4) is 0 Å². The van der Waals surface area contributed by atoms with Gasteiger partial charge in [-0.05, 0) is 25.8 Å². The lowest BCUT2D eigenvalue weighted by atomic mass is 10.2. The number of hydrogen-bond donors (Lipinski definition) is 1. The first-order valence-electron chi connectivity index (χ1n) is 6.34. The van der Waals surface area contributed by atoms with Crippen LogP contribution in [0.2, 0.25) is 5.02 Å².